The molecule has 2 aliphatic rings. The summed E-state index contributed by atoms with van der Waals surface area (Å²) in [5, 5.41) is 16.8. The van der Waals surface area contributed by atoms with Crippen molar-refractivity contribution in [3.63, 3.8) is 0 Å². The van der Waals surface area contributed by atoms with Crippen LogP contribution < -0.4 is 5.32 Å². The molecule has 1 aliphatic carbocycles. The van der Waals surface area contributed by atoms with Crippen LogP contribution in [0.15, 0.2) is 4.52 Å². The van der Waals surface area contributed by atoms with Gasteiger partial charge in [-0.1, -0.05) is 39.8 Å². The second kappa shape index (κ2) is 7.92. The average Bonchev–Trinajstić information content (AvgIpc) is 3.33. The summed E-state index contributed by atoms with van der Waals surface area (Å²) in [7, 11) is 0. The lowest BCUT2D eigenvalue weighted by molar-refractivity contribution is -0.131. The fraction of sp³-hybridized carbons (Fsp3) is 0.818. The maximum atomic E-state index is 13.7. The molecule has 0 aromatic carbocycles. The number of carbonyl (C=O) groups excluding carboxylic acids is 1. The summed E-state index contributed by atoms with van der Waals surface area (Å²) in [6.45, 7) is 12.8. The van der Waals surface area contributed by atoms with Gasteiger partial charge in [-0.05, 0) is 31.1 Å². The Balaban J connectivity index is 1.63. The SMILES string of the molecule is CC(C)(C)c1nc(C[C@@H]2CC[C@](C)(NCC(=O)N3C[C@@H](F)C[C@H]3C#N)C2(C)C)no1. The monoisotopic (exact) mass is 419 g/mol. The summed E-state index contributed by atoms with van der Waals surface area (Å²) in [5.41, 5.74) is -0.554. The zero-order chi connectivity index (χ0) is 22.3. The van der Waals surface area contributed by atoms with Crippen molar-refractivity contribution in [2.24, 2.45) is 11.3 Å². The summed E-state index contributed by atoms with van der Waals surface area (Å²) in [4.78, 5) is 18.6. The number of hydrogen-bond acceptors (Lipinski definition) is 6. The van der Waals surface area contributed by atoms with Crippen LogP contribution in [0.5, 0.6) is 0 Å². The maximum Gasteiger partial charge on any atom is 0.237 e. The van der Waals surface area contributed by atoms with Gasteiger partial charge < -0.3 is 14.7 Å². The van der Waals surface area contributed by atoms with Crippen molar-refractivity contribution in [2.75, 3.05) is 13.1 Å². The van der Waals surface area contributed by atoms with E-state index in [1.807, 2.05) is 26.8 Å². The summed E-state index contributed by atoms with van der Waals surface area (Å²) >= 11 is 0. The average molecular weight is 420 g/mol. The molecule has 166 valence electrons. The van der Waals surface area contributed by atoms with E-state index in [0.29, 0.717) is 11.8 Å². The lowest BCUT2D eigenvalue weighted by Crippen LogP contribution is -2.55. The molecule has 1 N–H and O–H groups in total. The first-order valence-electron chi connectivity index (χ1n) is 10.8. The van der Waals surface area contributed by atoms with E-state index in [2.05, 4.69) is 36.2 Å². The highest BCUT2D eigenvalue weighted by Crippen LogP contribution is 2.51. The summed E-state index contributed by atoms with van der Waals surface area (Å²) < 4.78 is 19.1. The van der Waals surface area contributed by atoms with Gasteiger partial charge in [0.05, 0.1) is 19.2 Å². The van der Waals surface area contributed by atoms with Crippen LogP contribution in [0.25, 0.3) is 0 Å². The standard InChI is InChI=1S/C22H34FN5O2/c1-20(2,3)19-26-17(27-30-19)9-14-7-8-22(6,21(14,4)5)25-12-18(29)28-13-15(23)10-16(28)11-24/h14-16,25H,7-10,12-13H2,1-6H3/t14-,15-,16-,22-/m0/s1. The molecule has 2 heterocycles. The Kier molecular flexibility index (Phi) is 5.98. The number of likely N-dealkylation sites (tertiary alicyclic amines) is 1. The number of rotatable bonds is 5. The predicted molar refractivity (Wildman–Crippen MR) is 110 cm³/mol. The van der Waals surface area contributed by atoms with Gasteiger partial charge in [-0.15, -0.1) is 0 Å². The van der Waals surface area contributed by atoms with E-state index in [9.17, 15) is 14.4 Å². The van der Waals surface area contributed by atoms with Crippen molar-refractivity contribution in [3.05, 3.63) is 11.7 Å². The van der Waals surface area contributed by atoms with E-state index in [-0.39, 0.29) is 41.8 Å². The fourth-order valence-corrected chi connectivity index (χ4v) is 4.69. The van der Waals surface area contributed by atoms with Crippen molar-refractivity contribution < 1.29 is 13.7 Å². The number of nitrogens with zero attached hydrogens (tertiary/aromatic N) is 4. The number of amides is 1. The minimum absolute atomic E-state index is 0.00934. The minimum Gasteiger partial charge on any atom is -0.339 e. The van der Waals surface area contributed by atoms with Crippen LogP contribution in [-0.4, -0.2) is 51.8 Å². The molecule has 1 aromatic rings. The van der Waals surface area contributed by atoms with Crippen LogP contribution in [0.2, 0.25) is 0 Å². The van der Waals surface area contributed by atoms with E-state index in [1.54, 1.807) is 0 Å². The van der Waals surface area contributed by atoms with E-state index in [1.165, 1.54) is 4.90 Å². The molecule has 4 atom stereocenters. The Morgan fingerprint density at radius 1 is 1.40 bits per heavy atom. The molecule has 0 radical (unpaired) electrons. The van der Waals surface area contributed by atoms with Crippen LogP contribution in [0.3, 0.4) is 0 Å². The smallest absolute Gasteiger partial charge is 0.237 e. The van der Waals surface area contributed by atoms with Crippen molar-refractivity contribution in [1.29, 1.82) is 5.26 Å². The highest BCUT2D eigenvalue weighted by Gasteiger charge is 2.51. The van der Waals surface area contributed by atoms with Gasteiger partial charge in [0.25, 0.3) is 0 Å². The molecule has 8 heteroatoms. The molecule has 1 saturated carbocycles. The predicted octanol–water partition coefficient (Wildman–Crippen LogP) is 3.16. The Hall–Kier alpha value is -2.01. The number of nitrogens with one attached hydrogen (secondary N) is 1. The zero-order valence-corrected chi connectivity index (χ0v) is 19.0. The van der Waals surface area contributed by atoms with E-state index in [4.69, 9.17) is 4.52 Å². The maximum absolute atomic E-state index is 13.7. The van der Waals surface area contributed by atoms with Gasteiger partial charge in [-0.2, -0.15) is 10.2 Å². The molecular weight excluding hydrogens is 385 g/mol. The quantitative estimate of drug-likeness (QED) is 0.788. The van der Waals surface area contributed by atoms with Gasteiger partial charge in [-0.25, -0.2) is 4.39 Å². The van der Waals surface area contributed by atoms with Gasteiger partial charge in [0, 0.05) is 23.8 Å². The second-order valence-electron chi connectivity index (χ2n) is 10.6. The van der Waals surface area contributed by atoms with Crippen LogP contribution in [0.4, 0.5) is 4.39 Å². The highest BCUT2D eigenvalue weighted by molar-refractivity contribution is 5.79. The number of aromatic nitrogens is 2. The van der Waals surface area contributed by atoms with E-state index < -0.39 is 12.2 Å². The first kappa shape index (κ1) is 22.7. The molecule has 1 amide bonds. The molecule has 0 bridgehead atoms. The molecule has 1 aromatic heterocycles. The summed E-state index contributed by atoms with van der Waals surface area (Å²) in [5.74, 6) is 1.49. The zero-order valence-electron chi connectivity index (χ0n) is 19.0. The van der Waals surface area contributed by atoms with Crippen LogP contribution in [0.1, 0.15) is 72.5 Å². The lowest BCUT2D eigenvalue weighted by atomic mass is 9.70. The molecule has 0 unspecified atom stereocenters. The number of nitriles is 1. The molecule has 7 nitrogen and oxygen atoms in total. The second-order valence-corrected chi connectivity index (χ2v) is 10.6. The first-order valence-corrected chi connectivity index (χ1v) is 10.8. The minimum atomic E-state index is -1.12. The molecule has 3 rings (SSSR count). The van der Waals surface area contributed by atoms with Gasteiger partial charge >= 0.3 is 0 Å². The number of halogens is 1. The molecule has 1 aliphatic heterocycles. The Labute approximate surface area is 178 Å². The Morgan fingerprint density at radius 2 is 2.10 bits per heavy atom. The summed E-state index contributed by atoms with van der Waals surface area (Å²) in [6.07, 6.45) is 1.61. The van der Waals surface area contributed by atoms with E-state index >= 15 is 0 Å². The van der Waals surface area contributed by atoms with Gasteiger partial charge in [-0.3, -0.25) is 4.79 Å². The third-order valence-electron chi connectivity index (χ3n) is 7.32. The topological polar surface area (TPSA) is 95.1 Å². The first-order chi connectivity index (χ1) is 13.9. The highest BCUT2D eigenvalue weighted by atomic mass is 19.1. The van der Waals surface area contributed by atoms with Crippen molar-refractivity contribution >= 4 is 5.91 Å². The molecular formula is C22H34FN5O2. The van der Waals surface area contributed by atoms with Gasteiger partial charge in [0.15, 0.2) is 5.82 Å². The summed E-state index contributed by atoms with van der Waals surface area (Å²) in [6, 6.07) is 1.38. The van der Waals surface area contributed by atoms with Crippen LogP contribution in [0, 0.1) is 22.7 Å². The van der Waals surface area contributed by atoms with E-state index in [0.717, 1.165) is 25.1 Å². The molecule has 0 spiro atoms. The van der Waals surface area contributed by atoms with Crippen molar-refractivity contribution in [3.8, 4) is 6.07 Å². The number of hydrogen-bond donors (Lipinski definition) is 1. The van der Waals surface area contributed by atoms with Crippen molar-refractivity contribution in [2.45, 2.75) is 90.4 Å². The normalized spacial score (nSPS) is 31.1. The fourth-order valence-electron chi connectivity index (χ4n) is 4.69. The van der Waals surface area contributed by atoms with Crippen LogP contribution in [-0.2, 0) is 16.6 Å². The third-order valence-corrected chi connectivity index (χ3v) is 7.32. The van der Waals surface area contributed by atoms with Crippen molar-refractivity contribution in [1.82, 2.24) is 20.4 Å². The molecule has 1 saturated heterocycles. The number of carbonyl (C=O) groups is 1. The Bertz CT molecular complexity index is 824. The number of alkyl halides is 1. The largest absolute Gasteiger partial charge is 0.339 e. The Morgan fingerprint density at radius 3 is 2.70 bits per heavy atom. The van der Waals surface area contributed by atoms with Gasteiger partial charge in [0.1, 0.15) is 12.2 Å². The molecule has 2 fully saturated rings. The lowest BCUT2D eigenvalue weighted by Gasteiger charge is -2.42. The van der Waals surface area contributed by atoms with Crippen LogP contribution >= 0.6 is 0 Å². The third kappa shape index (κ3) is 4.22. The molecule has 30 heavy (non-hydrogen) atoms. The van der Waals surface area contributed by atoms with Gasteiger partial charge in [0.2, 0.25) is 11.8 Å².